The van der Waals surface area contributed by atoms with E-state index in [9.17, 15) is 0 Å². The maximum Gasteiger partial charge on any atom is 0.124 e. The Bertz CT molecular complexity index is 566. The summed E-state index contributed by atoms with van der Waals surface area (Å²) in [6, 6.07) is 2.15. The van der Waals surface area contributed by atoms with E-state index in [2.05, 4.69) is 41.7 Å². The number of aryl methyl sites for hydroxylation is 2. The lowest BCUT2D eigenvalue weighted by Gasteiger charge is -2.05. The first-order chi connectivity index (χ1) is 9.47. The van der Waals surface area contributed by atoms with Crippen molar-refractivity contribution in [2.45, 2.75) is 47.7 Å². The Hall–Kier alpha value is -1.55. The van der Waals surface area contributed by atoms with Crippen LogP contribution in [0.5, 0.6) is 0 Å². The van der Waals surface area contributed by atoms with Gasteiger partial charge in [-0.15, -0.1) is 0 Å². The van der Waals surface area contributed by atoms with Crippen LogP contribution in [-0.4, -0.2) is 16.1 Å². The number of imidazole rings is 1. The molecule has 2 aromatic rings. The quantitative estimate of drug-likeness (QED) is 0.880. The molecule has 2 heterocycles. The SMILES string of the molecule is Cc1ncn(Cc2cc(CNCC(C)C)c(C)o2)c1C. The molecule has 0 aromatic carbocycles. The van der Waals surface area contributed by atoms with Gasteiger partial charge in [0.25, 0.3) is 0 Å². The molecule has 4 heteroatoms. The molecule has 1 N–H and O–H groups in total. The van der Waals surface area contributed by atoms with Crippen molar-refractivity contribution in [2.75, 3.05) is 6.54 Å². The van der Waals surface area contributed by atoms with E-state index in [-0.39, 0.29) is 0 Å². The van der Waals surface area contributed by atoms with Crippen LogP contribution in [0.4, 0.5) is 0 Å². The summed E-state index contributed by atoms with van der Waals surface area (Å²) in [5.74, 6) is 2.66. The largest absolute Gasteiger partial charge is 0.464 e. The molecule has 110 valence electrons. The van der Waals surface area contributed by atoms with Crippen molar-refractivity contribution in [3.8, 4) is 0 Å². The predicted molar refractivity (Wildman–Crippen MR) is 80.8 cm³/mol. The van der Waals surface area contributed by atoms with Crippen molar-refractivity contribution >= 4 is 0 Å². The van der Waals surface area contributed by atoms with Crippen molar-refractivity contribution in [1.29, 1.82) is 0 Å². The first-order valence-electron chi connectivity index (χ1n) is 7.24. The van der Waals surface area contributed by atoms with Crippen LogP contribution in [0.15, 0.2) is 16.8 Å². The zero-order chi connectivity index (χ0) is 14.7. The highest BCUT2D eigenvalue weighted by Crippen LogP contribution is 2.17. The summed E-state index contributed by atoms with van der Waals surface area (Å²) < 4.78 is 7.98. The monoisotopic (exact) mass is 275 g/mol. The van der Waals surface area contributed by atoms with Crippen LogP contribution in [-0.2, 0) is 13.1 Å². The second-order valence-electron chi connectivity index (χ2n) is 5.86. The second kappa shape index (κ2) is 6.27. The van der Waals surface area contributed by atoms with E-state index >= 15 is 0 Å². The normalized spacial score (nSPS) is 11.5. The number of nitrogens with one attached hydrogen (secondary N) is 1. The average molecular weight is 275 g/mol. The van der Waals surface area contributed by atoms with E-state index in [0.29, 0.717) is 5.92 Å². The maximum atomic E-state index is 5.85. The van der Waals surface area contributed by atoms with Crippen molar-refractivity contribution in [3.63, 3.8) is 0 Å². The van der Waals surface area contributed by atoms with Crippen LogP contribution >= 0.6 is 0 Å². The lowest BCUT2D eigenvalue weighted by Crippen LogP contribution is -2.18. The number of furan rings is 1. The number of aromatic nitrogens is 2. The van der Waals surface area contributed by atoms with E-state index in [4.69, 9.17) is 4.42 Å². The third-order valence-corrected chi connectivity index (χ3v) is 3.61. The molecule has 0 amide bonds. The molecule has 0 unspecified atom stereocenters. The molecular weight excluding hydrogens is 250 g/mol. The lowest BCUT2D eigenvalue weighted by molar-refractivity contribution is 0.463. The standard InChI is InChI=1S/C16H25N3O/c1-11(2)7-17-8-15-6-16(20-14(15)5)9-19-10-18-12(3)13(19)4/h6,10-11,17H,7-9H2,1-5H3. The summed E-state index contributed by atoms with van der Waals surface area (Å²) >= 11 is 0. The Morgan fingerprint density at radius 2 is 2.05 bits per heavy atom. The van der Waals surface area contributed by atoms with Gasteiger partial charge in [-0.3, -0.25) is 0 Å². The van der Waals surface area contributed by atoms with Gasteiger partial charge in [-0.05, 0) is 39.3 Å². The zero-order valence-corrected chi connectivity index (χ0v) is 13.2. The number of hydrogen-bond acceptors (Lipinski definition) is 3. The highest BCUT2D eigenvalue weighted by atomic mass is 16.3. The minimum atomic E-state index is 0.665. The predicted octanol–water partition coefficient (Wildman–Crippen LogP) is 3.20. The Kier molecular flexibility index (Phi) is 4.65. The first kappa shape index (κ1) is 14.9. The molecule has 2 rings (SSSR count). The lowest BCUT2D eigenvalue weighted by atomic mass is 10.2. The van der Waals surface area contributed by atoms with E-state index in [1.165, 1.54) is 11.3 Å². The zero-order valence-electron chi connectivity index (χ0n) is 13.2. The van der Waals surface area contributed by atoms with Gasteiger partial charge in [0.1, 0.15) is 11.5 Å². The molecule has 0 fully saturated rings. The van der Waals surface area contributed by atoms with Crippen molar-refractivity contribution in [1.82, 2.24) is 14.9 Å². The van der Waals surface area contributed by atoms with Crippen LogP contribution in [0.3, 0.4) is 0 Å². The third-order valence-electron chi connectivity index (χ3n) is 3.61. The van der Waals surface area contributed by atoms with Crippen LogP contribution in [0.2, 0.25) is 0 Å². The Labute approximate surface area is 121 Å². The van der Waals surface area contributed by atoms with Gasteiger partial charge in [-0.25, -0.2) is 4.98 Å². The van der Waals surface area contributed by atoms with Gasteiger partial charge in [0.05, 0.1) is 18.6 Å². The molecule has 0 saturated carbocycles. The topological polar surface area (TPSA) is 43.0 Å². The summed E-state index contributed by atoms with van der Waals surface area (Å²) in [5.41, 5.74) is 3.51. The Morgan fingerprint density at radius 1 is 1.30 bits per heavy atom. The van der Waals surface area contributed by atoms with Crippen molar-refractivity contribution in [3.05, 3.63) is 40.9 Å². The number of rotatable bonds is 6. The van der Waals surface area contributed by atoms with E-state index < -0.39 is 0 Å². The molecule has 4 nitrogen and oxygen atoms in total. The third kappa shape index (κ3) is 3.51. The van der Waals surface area contributed by atoms with Gasteiger partial charge in [0.15, 0.2) is 0 Å². The summed E-state index contributed by atoms with van der Waals surface area (Å²) in [6.45, 7) is 13.2. The maximum absolute atomic E-state index is 5.85. The molecule has 20 heavy (non-hydrogen) atoms. The second-order valence-corrected chi connectivity index (χ2v) is 5.86. The van der Waals surface area contributed by atoms with Crippen LogP contribution < -0.4 is 5.32 Å². The average Bonchev–Trinajstić information content (AvgIpc) is 2.87. The summed E-state index contributed by atoms with van der Waals surface area (Å²) in [7, 11) is 0. The molecule has 0 aliphatic heterocycles. The van der Waals surface area contributed by atoms with Gasteiger partial charge in [-0.2, -0.15) is 0 Å². The van der Waals surface area contributed by atoms with Gasteiger partial charge in [0.2, 0.25) is 0 Å². The van der Waals surface area contributed by atoms with Crippen LogP contribution in [0.25, 0.3) is 0 Å². The van der Waals surface area contributed by atoms with Crippen LogP contribution in [0, 0.1) is 26.7 Å². The van der Waals surface area contributed by atoms with Gasteiger partial charge < -0.3 is 14.3 Å². The highest BCUT2D eigenvalue weighted by molar-refractivity contribution is 5.21. The molecule has 2 aromatic heterocycles. The minimum absolute atomic E-state index is 0.665. The molecule has 0 saturated heterocycles. The van der Waals surface area contributed by atoms with Crippen molar-refractivity contribution in [2.24, 2.45) is 5.92 Å². The molecular formula is C16H25N3O. The Balaban J connectivity index is 2.01. The molecule has 0 bridgehead atoms. The molecule has 0 aliphatic rings. The number of nitrogens with zero attached hydrogens (tertiary/aromatic N) is 2. The molecule has 0 spiro atoms. The van der Waals surface area contributed by atoms with E-state index in [1.807, 2.05) is 20.2 Å². The first-order valence-corrected chi connectivity index (χ1v) is 7.24. The summed E-state index contributed by atoms with van der Waals surface area (Å²) in [4.78, 5) is 4.32. The molecule has 0 atom stereocenters. The Morgan fingerprint density at radius 3 is 2.65 bits per heavy atom. The minimum Gasteiger partial charge on any atom is -0.464 e. The smallest absolute Gasteiger partial charge is 0.124 e. The summed E-state index contributed by atoms with van der Waals surface area (Å²) in [5, 5.41) is 3.46. The number of hydrogen-bond donors (Lipinski definition) is 1. The highest BCUT2D eigenvalue weighted by Gasteiger charge is 2.10. The van der Waals surface area contributed by atoms with Gasteiger partial charge in [0, 0.05) is 17.8 Å². The van der Waals surface area contributed by atoms with Crippen LogP contribution in [0.1, 0.15) is 42.3 Å². The summed E-state index contributed by atoms with van der Waals surface area (Å²) in [6.07, 6.45) is 1.87. The molecule has 0 radical (unpaired) electrons. The van der Waals surface area contributed by atoms with E-state index in [1.54, 1.807) is 0 Å². The fourth-order valence-corrected chi connectivity index (χ4v) is 2.21. The fourth-order valence-electron chi connectivity index (χ4n) is 2.21. The fraction of sp³-hybridized carbons (Fsp3) is 0.562. The van der Waals surface area contributed by atoms with E-state index in [0.717, 1.165) is 36.8 Å². The molecule has 0 aliphatic carbocycles. The van der Waals surface area contributed by atoms with Gasteiger partial charge in [-0.1, -0.05) is 13.8 Å². The van der Waals surface area contributed by atoms with Gasteiger partial charge >= 0.3 is 0 Å². The van der Waals surface area contributed by atoms with Crippen molar-refractivity contribution < 1.29 is 4.42 Å².